The predicted octanol–water partition coefficient (Wildman–Crippen LogP) is 3.59. The molecule has 1 aliphatic heterocycles. The number of phenols is 1. The molecule has 0 aliphatic carbocycles. The van der Waals surface area contributed by atoms with Gasteiger partial charge < -0.3 is 19.3 Å². The van der Waals surface area contributed by atoms with Crippen molar-refractivity contribution in [1.82, 2.24) is 4.90 Å². The molecule has 3 rings (SSSR count). The number of hydrogen-bond donors (Lipinski definition) is 1. The molecule has 26 heavy (non-hydrogen) atoms. The van der Waals surface area contributed by atoms with Gasteiger partial charge in [0.15, 0.2) is 11.5 Å². The standard InChI is InChI=1S/C21H27NO4/c1-24-19-11-17(12-20(25-2)21(19)23)14-22(15-18-9-6-10-26-18)13-16-7-4-3-5-8-16/h3-5,7-8,11-12,18,23H,6,9-10,13-15H2,1-2H3. The first-order valence-electron chi connectivity index (χ1n) is 9.01. The number of rotatable bonds is 8. The Bertz CT molecular complexity index is 673. The Morgan fingerprint density at radius 3 is 2.27 bits per heavy atom. The molecular formula is C21H27NO4. The molecule has 140 valence electrons. The van der Waals surface area contributed by atoms with Crippen molar-refractivity contribution in [2.24, 2.45) is 0 Å². The number of phenolic OH excluding ortho intramolecular Hbond substituents is 1. The lowest BCUT2D eigenvalue weighted by Gasteiger charge is -2.26. The normalized spacial score (nSPS) is 16.8. The molecule has 0 bridgehead atoms. The van der Waals surface area contributed by atoms with Gasteiger partial charge in [0, 0.05) is 26.2 Å². The highest BCUT2D eigenvalue weighted by molar-refractivity contribution is 5.52. The summed E-state index contributed by atoms with van der Waals surface area (Å²) in [6.07, 6.45) is 2.51. The quantitative estimate of drug-likeness (QED) is 0.782. The molecule has 5 heteroatoms. The van der Waals surface area contributed by atoms with Gasteiger partial charge in [0.2, 0.25) is 5.75 Å². The number of nitrogens with zero attached hydrogens (tertiary/aromatic N) is 1. The van der Waals surface area contributed by atoms with E-state index in [1.807, 2.05) is 18.2 Å². The number of hydrogen-bond acceptors (Lipinski definition) is 5. The molecule has 0 aromatic heterocycles. The van der Waals surface area contributed by atoms with E-state index in [9.17, 15) is 5.11 Å². The Labute approximate surface area is 155 Å². The molecule has 0 saturated carbocycles. The second-order valence-electron chi connectivity index (χ2n) is 6.64. The van der Waals surface area contributed by atoms with E-state index in [1.165, 1.54) is 5.56 Å². The topological polar surface area (TPSA) is 51.2 Å². The van der Waals surface area contributed by atoms with Gasteiger partial charge in [0.05, 0.1) is 20.3 Å². The van der Waals surface area contributed by atoms with Gasteiger partial charge >= 0.3 is 0 Å². The first-order chi connectivity index (χ1) is 12.7. The van der Waals surface area contributed by atoms with Gasteiger partial charge in [-0.2, -0.15) is 0 Å². The van der Waals surface area contributed by atoms with Gasteiger partial charge in [-0.05, 0) is 36.1 Å². The van der Waals surface area contributed by atoms with Crippen LogP contribution in [0.2, 0.25) is 0 Å². The fourth-order valence-corrected chi connectivity index (χ4v) is 3.40. The zero-order valence-corrected chi connectivity index (χ0v) is 15.5. The summed E-state index contributed by atoms with van der Waals surface area (Å²) in [6.45, 7) is 3.29. The van der Waals surface area contributed by atoms with E-state index in [-0.39, 0.29) is 11.9 Å². The van der Waals surface area contributed by atoms with Gasteiger partial charge in [0.25, 0.3) is 0 Å². The molecule has 5 nitrogen and oxygen atoms in total. The number of benzene rings is 2. The summed E-state index contributed by atoms with van der Waals surface area (Å²) >= 11 is 0. The smallest absolute Gasteiger partial charge is 0.200 e. The first-order valence-corrected chi connectivity index (χ1v) is 9.01. The molecule has 1 saturated heterocycles. The fourth-order valence-electron chi connectivity index (χ4n) is 3.40. The maximum atomic E-state index is 10.1. The molecule has 1 N–H and O–H groups in total. The average Bonchev–Trinajstić information content (AvgIpc) is 3.16. The minimum atomic E-state index is 0.0347. The summed E-state index contributed by atoms with van der Waals surface area (Å²) in [6, 6.07) is 14.2. The van der Waals surface area contributed by atoms with Gasteiger partial charge in [-0.3, -0.25) is 4.90 Å². The molecule has 2 aromatic rings. The Hall–Kier alpha value is -2.24. The Kier molecular flexibility index (Phi) is 6.36. The maximum Gasteiger partial charge on any atom is 0.200 e. The summed E-state index contributed by atoms with van der Waals surface area (Å²) in [7, 11) is 3.10. The van der Waals surface area contributed by atoms with Gasteiger partial charge in [0.1, 0.15) is 0 Å². The monoisotopic (exact) mass is 357 g/mol. The van der Waals surface area contributed by atoms with Crippen molar-refractivity contribution in [3.05, 3.63) is 53.6 Å². The first kappa shape index (κ1) is 18.5. The number of methoxy groups -OCH3 is 2. The van der Waals surface area contributed by atoms with E-state index in [2.05, 4.69) is 29.2 Å². The minimum Gasteiger partial charge on any atom is -0.502 e. The summed E-state index contributed by atoms with van der Waals surface area (Å²) in [5, 5.41) is 10.1. The average molecular weight is 357 g/mol. The van der Waals surface area contributed by atoms with Crippen LogP contribution in [0.15, 0.2) is 42.5 Å². The third-order valence-electron chi connectivity index (χ3n) is 4.68. The van der Waals surface area contributed by atoms with Crippen molar-refractivity contribution in [3.8, 4) is 17.2 Å². The molecule has 1 aliphatic rings. The van der Waals surface area contributed by atoms with Gasteiger partial charge in [-0.1, -0.05) is 30.3 Å². The largest absolute Gasteiger partial charge is 0.502 e. The van der Waals surface area contributed by atoms with Crippen LogP contribution >= 0.6 is 0 Å². The van der Waals surface area contributed by atoms with Crippen LogP contribution in [-0.4, -0.2) is 43.5 Å². The maximum absolute atomic E-state index is 10.1. The molecule has 1 unspecified atom stereocenters. The molecule has 1 heterocycles. The van der Waals surface area contributed by atoms with Crippen LogP contribution in [0.5, 0.6) is 17.2 Å². The molecule has 0 amide bonds. The van der Waals surface area contributed by atoms with Crippen LogP contribution in [0.25, 0.3) is 0 Å². The minimum absolute atomic E-state index is 0.0347. The van der Waals surface area contributed by atoms with Crippen molar-refractivity contribution in [2.75, 3.05) is 27.4 Å². The van der Waals surface area contributed by atoms with Crippen LogP contribution in [0, 0.1) is 0 Å². The third kappa shape index (κ3) is 4.68. The van der Waals surface area contributed by atoms with Crippen molar-refractivity contribution in [3.63, 3.8) is 0 Å². The van der Waals surface area contributed by atoms with E-state index in [0.29, 0.717) is 11.5 Å². The lowest BCUT2D eigenvalue weighted by Crippen LogP contribution is -2.31. The van der Waals surface area contributed by atoms with E-state index in [4.69, 9.17) is 14.2 Å². The molecule has 2 aromatic carbocycles. The summed E-state index contributed by atoms with van der Waals surface area (Å²) in [5.41, 5.74) is 2.30. The summed E-state index contributed by atoms with van der Waals surface area (Å²) < 4.78 is 16.4. The SMILES string of the molecule is COc1cc(CN(Cc2ccccc2)CC2CCCO2)cc(OC)c1O. The zero-order chi connectivity index (χ0) is 18.4. The molecule has 1 fully saturated rings. The molecule has 1 atom stereocenters. The number of ether oxygens (including phenoxy) is 3. The van der Waals surface area contributed by atoms with E-state index in [0.717, 1.165) is 44.6 Å². The van der Waals surface area contributed by atoms with E-state index in [1.54, 1.807) is 14.2 Å². The van der Waals surface area contributed by atoms with Crippen LogP contribution in [-0.2, 0) is 17.8 Å². The molecular weight excluding hydrogens is 330 g/mol. The van der Waals surface area contributed by atoms with Crippen molar-refractivity contribution in [2.45, 2.75) is 32.0 Å². The molecule has 0 radical (unpaired) electrons. The second-order valence-corrected chi connectivity index (χ2v) is 6.64. The summed E-state index contributed by atoms with van der Waals surface area (Å²) in [4.78, 5) is 2.37. The summed E-state index contributed by atoms with van der Waals surface area (Å²) in [5.74, 6) is 0.889. The highest BCUT2D eigenvalue weighted by Gasteiger charge is 2.21. The highest BCUT2D eigenvalue weighted by atomic mass is 16.5. The Morgan fingerprint density at radius 2 is 1.69 bits per heavy atom. The fraction of sp³-hybridized carbons (Fsp3) is 0.429. The van der Waals surface area contributed by atoms with E-state index < -0.39 is 0 Å². The van der Waals surface area contributed by atoms with Crippen LogP contribution in [0.4, 0.5) is 0 Å². The van der Waals surface area contributed by atoms with Gasteiger partial charge in [-0.25, -0.2) is 0 Å². The second kappa shape index (κ2) is 8.92. The lowest BCUT2D eigenvalue weighted by atomic mass is 10.1. The molecule has 0 spiro atoms. The Balaban J connectivity index is 1.79. The van der Waals surface area contributed by atoms with E-state index >= 15 is 0 Å². The van der Waals surface area contributed by atoms with Crippen LogP contribution in [0.1, 0.15) is 24.0 Å². The third-order valence-corrected chi connectivity index (χ3v) is 4.68. The highest BCUT2D eigenvalue weighted by Crippen LogP contribution is 2.37. The van der Waals surface area contributed by atoms with Crippen molar-refractivity contribution < 1.29 is 19.3 Å². The zero-order valence-electron chi connectivity index (χ0n) is 15.5. The van der Waals surface area contributed by atoms with Crippen molar-refractivity contribution >= 4 is 0 Å². The van der Waals surface area contributed by atoms with Crippen LogP contribution < -0.4 is 9.47 Å². The van der Waals surface area contributed by atoms with Crippen LogP contribution in [0.3, 0.4) is 0 Å². The lowest BCUT2D eigenvalue weighted by molar-refractivity contribution is 0.0678. The van der Waals surface area contributed by atoms with Crippen molar-refractivity contribution in [1.29, 1.82) is 0 Å². The number of aromatic hydroxyl groups is 1. The Morgan fingerprint density at radius 1 is 1.04 bits per heavy atom. The predicted molar refractivity (Wildman–Crippen MR) is 101 cm³/mol. The van der Waals surface area contributed by atoms with Gasteiger partial charge in [-0.15, -0.1) is 0 Å².